The molecule has 2 rings (SSSR count). The van der Waals surface area contributed by atoms with Crippen molar-refractivity contribution in [2.75, 3.05) is 11.9 Å². The number of thiazole rings is 2. The second-order valence-electron chi connectivity index (χ2n) is 3.07. The highest BCUT2D eigenvalue weighted by Crippen LogP contribution is 2.22. The van der Waals surface area contributed by atoms with Gasteiger partial charge < -0.3 is 10.1 Å². The van der Waals surface area contributed by atoms with Crippen molar-refractivity contribution in [2.45, 2.75) is 13.5 Å². The predicted octanol–water partition coefficient (Wildman–Crippen LogP) is 2.39. The Kier molecular flexibility index (Phi) is 4.05. The molecular weight excluding hydrogens is 258 g/mol. The van der Waals surface area contributed by atoms with Gasteiger partial charge in [0.25, 0.3) is 0 Å². The number of rotatable bonds is 5. The Morgan fingerprint density at radius 2 is 2.35 bits per heavy atom. The van der Waals surface area contributed by atoms with Crippen LogP contribution in [-0.2, 0) is 11.3 Å². The molecule has 0 saturated heterocycles. The summed E-state index contributed by atoms with van der Waals surface area (Å²) in [5.74, 6) is -0.388. The molecule has 0 aliphatic carbocycles. The number of hydrogen-bond acceptors (Lipinski definition) is 7. The molecular formula is C10H11N3O2S2. The number of nitrogens with zero attached hydrogens (tertiary/aromatic N) is 2. The van der Waals surface area contributed by atoms with Crippen molar-refractivity contribution in [3.8, 4) is 0 Å². The maximum atomic E-state index is 11.6. The molecule has 2 aromatic rings. The van der Waals surface area contributed by atoms with E-state index < -0.39 is 0 Å². The predicted molar refractivity (Wildman–Crippen MR) is 67.5 cm³/mol. The molecule has 0 aliphatic rings. The fourth-order valence-corrected chi connectivity index (χ4v) is 2.41. The Balaban J connectivity index is 2.01. The second-order valence-corrected chi connectivity index (χ2v) is 4.90. The van der Waals surface area contributed by atoms with Gasteiger partial charge in [0.1, 0.15) is 5.00 Å². The molecule has 0 bridgehead atoms. The van der Waals surface area contributed by atoms with Crippen LogP contribution in [0.1, 0.15) is 22.3 Å². The van der Waals surface area contributed by atoms with Gasteiger partial charge in [-0.3, -0.25) is 4.98 Å². The molecule has 0 fully saturated rings. The number of carbonyl (C=O) groups excluding carboxylic acids is 1. The zero-order valence-electron chi connectivity index (χ0n) is 9.17. The van der Waals surface area contributed by atoms with Gasteiger partial charge >= 0.3 is 5.97 Å². The van der Waals surface area contributed by atoms with Crippen LogP contribution in [0.25, 0.3) is 0 Å². The lowest BCUT2D eigenvalue weighted by molar-refractivity contribution is 0.0521. The van der Waals surface area contributed by atoms with E-state index >= 15 is 0 Å². The molecule has 0 atom stereocenters. The van der Waals surface area contributed by atoms with Crippen LogP contribution in [-0.4, -0.2) is 22.5 Å². The molecule has 5 nitrogen and oxygen atoms in total. The van der Waals surface area contributed by atoms with Gasteiger partial charge in [0, 0.05) is 11.1 Å². The highest BCUT2D eigenvalue weighted by atomic mass is 32.1. The smallest absolute Gasteiger partial charge is 0.360 e. The normalized spacial score (nSPS) is 10.2. The molecule has 7 heteroatoms. The first-order chi connectivity index (χ1) is 8.31. The van der Waals surface area contributed by atoms with Gasteiger partial charge in [0.15, 0.2) is 5.69 Å². The summed E-state index contributed by atoms with van der Waals surface area (Å²) in [6.45, 7) is 2.76. The summed E-state index contributed by atoms with van der Waals surface area (Å²) in [5, 5.41) is 3.89. The Morgan fingerprint density at radius 1 is 1.47 bits per heavy atom. The van der Waals surface area contributed by atoms with Crippen LogP contribution in [0.3, 0.4) is 0 Å². The molecule has 1 N–H and O–H groups in total. The quantitative estimate of drug-likeness (QED) is 0.844. The Labute approximate surface area is 106 Å². The third-order valence-electron chi connectivity index (χ3n) is 1.94. The summed E-state index contributed by atoms with van der Waals surface area (Å²) in [6.07, 6.45) is 1.79. The van der Waals surface area contributed by atoms with Gasteiger partial charge in [-0.1, -0.05) is 0 Å². The number of anilines is 1. The maximum absolute atomic E-state index is 11.6. The first-order valence-electron chi connectivity index (χ1n) is 5.03. The average molecular weight is 269 g/mol. The zero-order valence-corrected chi connectivity index (χ0v) is 10.8. The van der Waals surface area contributed by atoms with Crippen LogP contribution in [0.4, 0.5) is 5.00 Å². The minimum absolute atomic E-state index is 0.348. The monoisotopic (exact) mass is 269 g/mol. The van der Waals surface area contributed by atoms with Crippen LogP contribution >= 0.6 is 22.7 Å². The molecule has 0 spiro atoms. The van der Waals surface area contributed by atoms with E-state index in [9.17, 15) is 4.79 Å². The van der Waals surface area contributed by atoms with E-state index in [1.807, 2.05) is 0 Å². The van der Waals surface area contributed by atoms with Crippen LogP contribution in [0.15, 0.2) is 17.2 Å². The van der Waals surface area contributed by atoms with Gasteiger partial charge in [-0.15, -0.1) is 22.7 Å². The molecule has 90 valence electrons. The van der Waals surface area contributed by atoms with E-state index in [0.29, 0.717) is 18.8 Å². The minimum atomic E-state index is -0.388. The molecule has 0 amide bonds. The number of esters is 1. The van der Waals surface area contributed by atoms with Crippen molar-refractivity contribution in [2.24, 2.45) is 0 Å². The van der Waals surface area contributed by atoms with E-state index in [-0.39, 0.29) is 5.97 Å². The van der Waals surface area contributed by atoms with E-state index in [1.54, 1.807) is 35.5 Å². The van der Waals surface area contributed by atoms with Crippen LogP contribution in [0.5, 0.6) is 0 Å². The van der Waals surface area contributed by atoms with Gasteiger partial charge in [-0.25, -0.2) is 9.78 Å². The first kappa shape index (κ1) is 12.0. The maximum Gasteiger partial charge on any atom is 0.360 e. The van der Waals surface area contributed by atoms with Crippen molar-refractivity contribution >= 4 is 33.6 Å². The molecule has 2 aromatic heterocycles. The van der Waals surface area contributed by atoms with E-state index in [1.165, 1.54) is 11.3 Å². The molecule has 0 unspecified atom stereocenters. The van der Waals surface area contributed by atoms with E-state index in [2.05, 4.69) is 15.3 Å². The van der Waals surface area contributed by atoms with Gasteiger partial charge in [-0.2, -0.15) is 0 Å². The Bertz CT molecular complexity index is 481. The van der Waals surface area contributed by atoms with Crippen molar-refractivity contribution in [1.29, 1.82) is 0 Å². The first-order valence-corrected chi connectivity index (χ1v) is 6.79. The van der Waals surface area contributed by atoms with Crippen molar-refractivity contribution in [3.63, 3.8) is 0 Å². The second kappa shape index (κ2) is 5.74. The van der Waals surface area contributed by atoms with E-state index in [4.69, 9.17) is 4.74 Å². The fraction of sp³-hybridized carbons (Fsp3) is 0.300. The number of ether oxygens (including phenoxy) is 1. The highest BCUT2D eigenvalue weighted by Gasteiger charge is 2.15. The topological polar surface area (TPSA) is 64.1 Å². The summed E-state index contributed by atoms with van der Waals surface area (Å²) < 4.78 is 4.92. The minimum Gasteiger partial charge on any atom is -0.461 e. The molecule has 0 saturated carbocycles. The SMILES string of the molecule is CCOC(=O)c1ncsc1NCc1cncs1. The lowest BCUT2D eigenvalue weighted by Gasteiger charge is -2.04. The summed E-state index contributed by atoms with van der Waals surface area (Å²) in [6, 6.07) is 0. The summed E-state index contributed by atoms with van der Waals surface area (Å²) in [5.41, 5.74) is 3.75. The Hall–Kier alpha value is -1.47. The highest BCUT2D eigenvalue weighted by molar-refractivity contribution is 7.14. The lowest BCUT2D eigenvalue weighted by atomic mass is 10.4. The number of carbonyl (C=O) groups is 1. The average Bonchev–Trinajstić information content (AvgIpc) is 2.98. The van der Waals surface area contributed by atoms with Crippen LogP contribution in [0.2, 0.25) is 0 Å². The van der Waals surface area contributed by atoms with Crippen LogP contribution in [0, 0.1) is 0 Å². The number of aromatic nitrogens is 2. The summed E-state index contributed by atoms with van der Waals surface area (Å²) >= 11 is 2.95. The third kappa shape index (κ3) is 3.01. The summed E-state index contributed by atoms with van der Waals surface area (Å²) in [7, 11) is 0. The van der Waals surface area contributed by atoms with Gasteiger partial charge in [0.2, 0.25) is 0 Å². The standard InChI is InChI=1S/C10H11N3O2S2/c1-2-15-10(14)8-9(17-6-13-8)12-4-7-3-11-5-16-7/h3,5-6,12H,2,4H2,1H3. The molecule has 2 heterocycles. The summed E-state index contributed by atoms with van der Waals surface area (Å²) in [4.78, 5) is 20.7. The molecule has 0 aromatic carbocycles. The van der Waals surface area contributed by atoms with Crippen LogP contribution < -0.4 is 5.32 Å². The Morgan fingerprint density at radius 3 is 3.06 bits per heavy atom. The zero-order chi connectivity index (χ0) is 12.1. The van der Waals surface area contributed by atoms with Crippen molar-refractivity contribution in [1.82, 2.24) is 9.97 Å². The lowest BCUT2D eigenvalue weighted by Crippen LogP contribution is -2.08. The number of nitrogens with one attached hydrogen (secondary N) is 1. The van der Waals surface area contributed by atoms with Crippen molar-refractivity contribution in [3.05, 3.63) is 27.8 Å². The van der Waals surface area contributed by atoms with Gasteiger partial charge in [0.05, 0.1) is 24.2 Å². The molecule has 17 heavy (non-hydrogen) atoms. The van der Waals surface area contributed by atoms with Gasteiger partial charge in [-0.05, 0) is 6.92 Å². The molecule has 0 radical (unpaired) electrons. The fourth-order valence-electron chi connectivity index (χ4n) is 1.21. The number of hydrogen-bond donors (Lipinski definition) is 1. The van der Waals surface area contributed by atoms with Crippen molar-refractivity contribution < 1.29 is 9.53 Å². The largest absolute Gasteiger partial charge is 0.461 e. The third-order valence-corrected chi connectivity index (χ3v) is 3.51. The van der Waals surface area contributed by atoms with E-state index in [0.717, 1.165) is 9.88 Å². The molecule has 0 aliphatic heterocycles.